The first-order valence-corrected chi connectivity index (χ1v) is 8.00. The van der Waals surface area contributed by atoms with Crippen LogP contribution in [0.3, 0.4) is 0 Å². The summed E-state index contributed by atoms with van der Waals surface area (Å²) in [5, 5.41) is 22.0. The summed E-state index contributed by atoms with van der Waals surface area (Å²) in [6.07, 6.45) is 0. The normalized spacial score (nSPS) is 4.50. The minimum absolute atomic E-state index is 0. The number of rotatable bonds is 0. The molecular formula is C16H64Cl8N8. The van der Waals surface area contributed by atoms with Crippen LogP contribution in [0.5, 0.6) is 0 Å². The fraction of sp³-hybridized carbons (Fsp3) is 1.00. The van der Waals surface area contributed by atoms with Crippen molar-refractivity contribution in [2.45, 2.75) is 0 Å². The molecule has 8 N–H and O–H groups in total. The summed E-state index contributed by atoms with van der Waals surface area (Å²) in [7, 11) is 30.0. The van der Waals surface area contributed by atoms with E-state index in [2.05, 4.69) is 42.5 Å². The van der Waals surface area contributed by atoms with Crippen LogP contribution < -0.4 is 42.5 Å². The van der Waals surface area contributed by atoms with Crippen LogP contribution in [0, 0.1) is 0 Å². The zero-order chi connectivity index (χ0) is 21.7. The Hall–Kier alpha value is 2.00. The van der Waals surface area contributed by atoms with E-state index < -0.39 is 0 Å². The van der Waals surface area contributed by atoms with Gasteiger partial charge in [0.2, 0.25) is 0 Å². The van der Waals surface area contributed by atoms with Gasteiger partial charge < -0.3 is 42.5 Å². The molecule has 0 aromatic rings. The van der Waals surface area contributed by atoms with Crippen molar-refractivity contribution in [2.24, 2.45) is 0 Å². The molecule has 0 aliphatic heterocycles. The van der Waals surface area contributed by atoms with E-state index in [9.17, 15) is 0 Å². The topological polar surface area (TPSA) is 96.2 Å². The number of halogens is 8. The zero-order valence-corrected chi connectivity index (χ0v) is 29.8. The minimum atomic E-state index is 0. The van der Waals surface area contributed by atoms with Crippen molar-refractivity contribution in [1.82, 2.24) is 42.5 Å². The fourth-order valence-electron chi connectivity index (χ4n) is 0. The lowest BCUT2D eigenvalue weighted by Crippen LogP contribution is -1.89. The number of hydrogen-bond donors (Lipinski definition) is 8. The first-order chi connectivity index (χ1) is 11.3. The highest BCUT2D eigenvalue weighted by Crippen LogP contribution is 1.00. The van der Waals surface area contributed by atoms with Gasteiger partial charge >= 0.3 is 0 Å². The molecule has 0 unspecified atom stereocenters. The van der Waals surface area contributed by atoms with Gasteiger partial charge in [-0.15, -0.1) is 99.3 Å². The Balaban J connectivity index is -0.00000000631. The second kappa shape index (κ2) is 338. The standard InChI is InChI=1S/8C2H7N.8ClH/c8*1-3-2;;;;;;;;/h8*3H,1-2H3;8*1H. The molecule has 0 radical (unpaired) electrons. The molecule has 0 aromatic carbocycles. The number of hydrogen-bond acceptors (Lipinski definition) is 8. The first-order valence-electron chi connectivity index (χ1n) is 8.00. The summed E-state index contributed by atoms with van der Waals surface area (Å²) >= 11 is 0. The van der Waals surface area contributed by atoms with Gasteiger partial charge in [0.05, 0.1) is 0 Å². The molecular weight excluding hydrogens is 588 g/mol. The Labute approximate surface area is 253 Å². The molecule has 0 heterocycles. The maximum absolute atomic E-state index is 2.75. The van der Waals surface area contributed by atoms with Crippen LogP contribution in [0.4, 0.5) is 0 Å². The third-order valence-corrected chi connectivity index (χ3v) is 0. The quantitative estimate of drug-likeness (QED) is 0.202. The summed E-state index contributed by atoms with van der Waals surface area (Å²) in [6, 6.07) is 0. The summed E-state index contributed by atoms with van der Waals surface area (Å²) < 4.78 is 0. The molecule has 0 bridgehead atoms. The van der Waals surface area contributed by atoms with E-state index in [1.54, 1.807) is 0 Å². The monoisotopic (exact) mass is 648 g/mol. The molecule has 0 saturated carbocycles. The summed E-state index contributed by atoms with van der Waals surface area (Å²) in [6.45, 7) is 0. The molecule has 0 spiro atoms. The largest absolute Gasteiger partial charge is 0.323 e. The second-order valence-electron chi connectivity index (χ2n) is 4.00. The van der Waals surface area contributed by atoms with Gasteiger partial charge in [0, 0.05) is 0 Å². The fourth-order valence-corrected chi connectivity index (χ4v) is 0. The van der Waals surface area contributed by atoms with E-state index in [1.165, 1.54) is 0 Å². The van der Waals surface area contributed by atoms with Crippen molar-refractivity contribution in [2.75, 3.05) is 113 Å². The third kappa shape index (κ3) is 7690. The van der Waals surface area contributed by atoms with Gasteiger partial charge in [0.15, 0.2) is 0 Å². The van der Waals surface area contributed by atoms with Crippen LogP contribution in [0.2, 0.25) is 0 Å². The van der Waals surface area contributed by atoms with Gasteiger partial charge in [-0.05, 0) is 113 Å². The van der Waals surface area contributed by atoms with E-state index in [-0.39, 0.29) is 99.3 Å². The second-order valence-corrected chi connectivity index (χ2v) is 4.00. The predicted molar refractivity (Wildman–Crippen MR) is 178 cm³/mol. The van der Waals surface area contributed by atoms with Crippen LogP contribution >= 0.6 is 99.3 Å². The van der Waals surface area contributed by atoms with Crippen LogP contribution in [-0.4, -0.2) is 113 Å². The Morgan fingerprint density at radius 3 is 0.156 bits per heavy atom. The van der Waals surface area contributed by atoms with Crippen LogP contribution in [0.25, 0.3) is 0 Å². The molecule has 0 fully saturated rings. The van der Waals surface area contributed by atoms with Crippen LogP contribution in [-0.2, 0) is 0 Å². The average molecular weight is 652 g/mol. The van der Waals surface area contributed by atoms with E-state index in [0.29, 0.717) is 0 Å². The Bertz CT molecular complexity index is 72.0. The molecule has 16 heteroatoms. The molecule has 0 amide bonds. The molecule has 0 atom stereocenters. The van der Waals surface area contributed by atoms with Gasteiger partial charge in [0.1, 0.15) is 0 Å². The van der Waals surface area contributed by atoms with E-state index >= 15 is 0 Å². The third-order valence-electron chi connectivity index (χ3n) is 0. The van der Waals surface area contributed by atoms with Crippen molar-refractivity contribution < 1.29 is 0 Å². The van der Waals surface area contributed by atoms with Crippen LogP contribution in [0.15, 0.2) is 0 Å². The molecule has 0 saturated heterocycles. The van der Waals surface area contributed by atoms with Gasteiger partial charge in [-0.25, -0.2) is 0 Å². The Kier molecular flexibility index (Phi) is 1210. The van der Waals surface area contributed by atoms with E-state index in [4.69, 9.17) is 0 Å². The Morgan fingerprint density at radius 1 is 0.156 bits per heavy atom. The highest BCUT2D eigenvalue weighted by molar-refractivity contribution is 5.86. The van der Waals surface area contributed by atoms with Crippen molar-refractivity contribution in [1.29, 1.82) is 0 Å². The van der Waals surface area contributed by atoms with Crippen molar-refractivity contribution >= 4 is 99.3 Å². The summed E-state index contributed by atoms with van der Waals surface area (Å²) in [5.41, 5.74) is 0. The minimum Gasteiger partial charge on any atom is -0.323 e. The average Bonchev–Trinajstić information content (AvgIpc) is 2.45. The zero-order valence-electron chi connectivity index (χ0n) is 23.3. The smallest absolute Gasteiger partial charge is 0.0167 e. The van der Waals surface area contributed by atoms with Crippen molar-refractivity contribution in [3.05, 3.63) is 0 Å². The molecule has 224 valence electrons. The van der Waals surface area contributed by atoms with E-state index in [0.717, 1.165) is 0 Å². The maximum Gasteiger partial charge on any atom is -0.0167 e. The maximum atomic E-state index is 2.75. The molecule has 0 aliphatic carbocycles. The van der Waals surface area contributed by atoms with Crippen LogP contribution in [0.1, 0.15) is 0 Å². The summed E-state index contributed by atoms with van der Waals surface area (Å²) in [5.74, 6) is 0. The van der Waals surface area contributed by atoms with Gasteiger partial charge in [-0.2, -0.15) is 0 Å². The highest BCUT2D eigenvalue weighted by atomic mass is 35.5. The van der Waals surface area contributed by atoms with Gasteiger partial charge in [-0.1, -0.05) is 0 Å². The first kappa shape index (κ1) is 114. The predicted octanol–water partition coefficient (Wildman–Crippen LogP) is 2.06. The molecule has 8 nitrogen and oxygen atoms in total. The lowest BCUT2D eigenvalue weighted by molar-refractivity contribution is 1.02. The molecule has 0 aromatic heterocycles. The summed E-state index contributed by atoms with van der Waals surface area (Å²) in [4.78, 5) is 0. The molecule has 0 rings (SSSR count). The number of nitrogens with one attached hydrogen (secondary N) is 8. The molecule has 0 aliphatic rings. The lowest BCUT2D eigenvalue weighted by Gasteiger charge is -1.59. The lowest BCUT2D eigenvalue weighted by atomic mass is 11.3. The SMILES string of the molecule is CNC.CNC.CNC.CNC.CNC.CNC.CNC.CNC.Cl.Cl.Cl.Cl.Cl.Cl.Cl.Cl. The van der Waals surface area contributed by atoms with Crippen molar-refractivity contribution in [3.8, 4) is 0 Å². The Morgan fingerprint density at radius 2 is 0.156 bits per heavy atom. The van der Waals surface area contributed by atoms with Gasteiger partial charge in [-0.3, -0.25) is 0 Å². The van der Waals surface area contributed by atoms with Gasteiger partial charge in [0.25, 0.3) is 0 Å². The highest BCUT2D eigenvalue weighted by Gasteiger charge is 1.27. The van der Waals surface area contributed by atoms with Crippen molar-refractivity contribution in [3.63, 3.8) is 0 Å². The van der Waals surface area contributed by atoms with E-state index in [1.807, 2.05) is 113 Å². The molecule has 32 heavy (non-hydrogen) atoms.